The molecule has 2 aromatic rings. The number of aliphatic hydroxyl groups excluding tert-OH is 1. The molecule has 1 aromatic heterocycles. The van der Waals surface area contributed by atoms with Crippen LogP contribution >= 0.6 is 0 Å². The maximum atomic E-state index is 12.3. The molecule has 2 rings (SSSR count). The lowest BCUT2D eigenvalue weighted by Gasteiger charge is -2.26. The van der Waals surface area contributed by atoms with Gasteiger partial charge in [0.25, 0.3) is 0 Å². The van der Waals surface area contributed by atoms with Gasteiger partial charge in [0.05, 0.1) is 25.6 Å². The fraction of sp³-hybridized carbons (Fsp3) is 0.444. The molecule has 1 heterocycles. The van der Waals surface area contributed by atoms with Crippen molar-refractivity contribution < 1.29 is 19.4 Å². The Morgan fingerprint density at radius 3 is 2.67 bits per heavy atom. The number of aliphatic hydroxyl groups is 1. The first kappa shape index (κ1) is 18.0. The minimum atomic E-state index is -0.478. The maximum Gasteiger partial charge on any atom is 0.341 e. The van der Waals surface area contributed by atoms with Crippen molar-refractivity contribution in [3.05, 3.63) is 41.7 Å². The largest absolute Gasteiger partial charge is 0.494 e. The number of hydrogen-bond donors (Lipinski definition) is 1. The van der Waals surface area contributed by atoms with Crippen LogP contribution < -0.4 is 4.74 Å². The van der Waals surface area contributed by atoms with E-state index in [1.807, 2.05) is 38.1 Å². The minimum Gasteiger partial charge on any atom is -0.494 e. The van der Waals surface area contributed by atoms with E-state index in [0.717, 1.165) is 5.69 Å². The van der Waals surface area contributed by atoms with Crippen molar-refractivity contribution >= 4 is 5.97 Å². The standard InChI is InChI=1S/C18H24N2O4/c1-5-24-17(22)13-12-19-20(16(13)18(2,3)10-11-21)14-8-6-7-9-15(14)23-4/h6-9,12,21H,5,10-11H2,1-4H3. The molecule has 6 heteroatoms. The van der Waals surface area contributed by atoms with Crippen LogP contribution in [0.15, 0.2) is 30.5 Å². The average Bonchev–Trinajstić information content (AvgIpc) is 3.01. The SMILES string of the molecule is CCOC(=O)c1cnn(-c2ccccc2OC)c1C(C)(C)CCO. The minimum absolute atomic E-state index is 0.00632. The van der Waals surface area contributed by atoms with Gasteiger partial charge in [-0.25, -0.2) is 9.48 Å². The highest BCUT2D eigenvalue weighted by Crippen LogP contribution is 2.34. The van der Waals surface area contributed by atoms with E-state index in [1.54, 1.807) is 18.7 Å². The van der Waals surface area contributed by atoms with Crippen molar-refractivity contribution in [1.29, 1.82) is 0 Å². The van der Waals surface area contributed by atoms with Crippen molar-refractivity contribution in [2.45, 2.75) is 32.6 Å². The van der Waals surface area contributed by atoms with Crippen LogP contribution in [-0.2, 0) is 10.2 Å². The van der Waals surface area contributed by atoms with E-state index < -0.39 is 11.4 Å². The monoisotopic (exact) mass is 332 g/mol. The number of hydrogen-bond acceptors (Lipinski definition) is 5. The summed E-state index contributed by atoms with van der Waals surface area (Å²) in [5, 5.41) is 13.8. The Balaban J connectivity index is 2.66. The lowest BCUT2D eigenvalue weighted by Crippen LogP contribution is -2.26. The van der Waals surface area contributed by atoms with Gasteiger partial charge in [0.15, 0.2) is 0 Å². The van der Waals surface area contributed by atoms with Gasteiger partial charge in [-0.1, -0.05) is 26.0 Å². The molecule has 1 N–H and O–H groups in total. The maximum absolute atomic E-state index is 12.3. The van der Waals surface area contributed by atoms with Crippen LogP contribution in [-0.4, -0.2) is 41.2 Å². The van der Waals surface area contributed by atoms with Gasteiger partial charge in [-0.2, -0.15) is 5.10 Å². The highest BCUT2D eigenvalue weighted by Gasteiger charge is 2.32. The van der Waals surface area contributed by atoms with E-state index in [9.17, 15) is 9.90 Å². The molecule has 6 nitrogen and oxygen atoms in total. The molecule has 130 valence electrons. The predicted octanol–water partition coefficient (Wildman–Crippen LogP) is 2.72. The van der Waals surface area contributed by atoms with Crippen LogP contribution in [0.3, 0.4) is 0 Å². The molecule has 0 saturated carbocycles. The fourth-order valence-electron chi connectivity index (χ4n) is 2.74. The van der Waals surface area contributed by atoms with E-state index in [1.165, 1.54) is 6.20 Å². The number of carbonyl (C=O) groups excluding carboxylic acids is 1. The van der Waals surface area contributed by atoms with E-state index in [2.05, 4.69) is 5.10 Å². The molecular formula is C18H24N2O4. The third-order valence-electron chi connectivity index (χ3n) is 3.96. The molecular weight excluding hydrogens is 308 g/mol. The van der Waals surface area contributed by atoms with Gasteiger partial charge < -0.3 is 14.6 Å². The van der Waals surface area contributed by atoms with Crippen LogP contribution in [0.1, 0.15) is 43.2 Å². The van der Waals surface area contributed by atoms with Crippen molar-refractivity contribution in [2.24, 2.45) is 0 Å². The molecule has 1 aromatic carbocycles. The zero-order valence-corrected chi connectivity index (χ0v) is 14.6. The lowest BCUT2D eigenvalue weighted by atomic mass is 9.83. The van der Waals surface area contributed by atoms with Gasteiger partial charge in [0.1, 0.15) is 17.0 Å². The Hall–Kier alpha value is -2.34. The topological polar surface area (TPSA) is 73.6 Å². The number of benzene rings is 1. The second-order valence-electron chi connectivity index (χ2n) is 6.07. The number of esters is 1. The quantitative estimate of drug-likeness (QED) is 0.789. The second-order valence-corrected chi connectivity index (χ2v) is 6.07. The number of methoxy groups -OCH3 is 1. The highest BCUT2D eigenvalue weighted by atomic mass is 16.5. The Labute approximate surface area is 142 Å². The lowest BCUT2D eigenvalue weighted by molar-refractivity contribution is 0.0522. The fourth-order valence-corrected chi connectivity index (χ4v) is 2.74. The van der Waals surface area contributed by atoms with Gasteiger partial charge in [0.2, 0.25) is 0 Å². The van der Waals surface area contributed by atoms with Crippen LogP contribution in [0.5, 0.6) is 5.75 Å². The third kappa shape index (κ3) is 3.43. The Kier molecular flexibility index (Phi) is 5.62. The van der Waals surface area contributed by atoms with Gasteiger partial charge in [-0.3, -0.25) is 0 Å². The number of rotatable bonds is 7. The van der Waals surface area contributed by atoms with E-state index in [0.29, 0.717) is 30.0 Å². The summed E-state index contributed by atoms with van der Waals surface area (Å²) in [5.74, 6) is 0.233. The third-order valence-corrected chi connectivity index (χ3v) is 3.96. The molecule has 0 aliphatic carbocycles. The number of para-hydroxylation sites is 2. The summed E-state index contributed by atoms with van der Waals surface area (Å²) in [4.78, 5) is 12.3. The molecule has 24 heavy (non-hydrogen) atoms. The summed E-state index contributed by atoms with van der Waals surface area (Å²) in [5.41, 5.74) is 1.35. The number of aromatic nitrogens is 2. The number of carbonyl (C=O) groups is 1. The first-order chi connectivity index (χ1) is 11.5. The van der Waals surface area contributed by atoms with Gasteiger partial charge in [0, 0.05) is 12.0 Å². The van der Waals surface area contributed by atoms with Crippen molar-refractivity contribution in [3.8, 4) is 11.4 Å². The Bertz CT molecular complexity index is 707. The number of ether oxygens (including phenoxy) is 2. The van der Waals surface area contributed by atoms with Gasteiger partial charge in [-0.15, -0.1) is 0 Å². The molecule has 0 fully saturated rings. The first-order valence-electron chi connectivity index (χ1n) is 7.96. The molecule has 0 aliphatic rings. The summed E-state index contributed by atoms with van der Waals surface area (Å²) in [7, 11) is 1.59. The summed E-state index contributed by atoms with van der Waals surface area (Å²) >= 11 is 0. The van der Waals surface area contributed by atoms with Crippen molar-refractivity contribution in [2.75, 3.05) is 20.3 Å². The van der Waals surface area contributed by atoms with Crippen LogP contribution in [0.25, 0.3) is 5.69 Å². The summed E-state index contributed by atoms with van der Waals surface area (Å²) in [6, 6.07) is 7.46. The van der Waals surface area contributed by atoms with Crippen LogP contribution in [0.2, 0.25) is 0 Å². The molecule has 0 spiro atoms. The molecule has 0 amide bonds. The van der Waals surface area contributed by atoms with Crippen LogP contribution in [0.4, 0.5) is 0 Å². The molecule has 0 aliphatic heterocycles. The van der Waals surface area contributed by atoms with Crippen molar-refractivity contribution in [1.82, 2.24) is 9.78 Å². The summed E-state index contributed by atoms with van der Waals surface area (Å²) in [6.45, 7) is 6.00. The van der Waals surface area contributed by atoms with E-state index >= 15 is 0 Å². The first-order valence-corrected chi connectivity index (χ1v) is 7.96. The summed E-state index contributed by atoms with van der Waals surface area (Å²) < 4.78 is 12.3. The zero-order chi connectivity index (χ0) is 17.7. The smallest absolute Gasteiger partial charge is 0.341 e. The highest BCUT2D eigenvalue weighted by molar-refractivity contribution is 5.91. The number of nitrogens with zero attached hydrogens (tertiary/aromatic N) is 2. The van der Waals surface area contributed by atoms with Gasteiger partial charge in [-0.05, 0) is 25.5 Å². The molecule has 0 saturated heterocycles. The normalized spacial score (nSPS) is 11.4. The van der Waals surface area contributed by atoms with Crippen LogP contribution in [0, 0.1) is 0 Å². The van der Waals surface area contributed by atoms with E-state index in [-0.39, 0.29) is 6.61 Å². The summed E-state index contributed by atoms with van der Waals surface area (Å²) in [6.07, 6.45) is 2.00. The molecule has 0 radical (unpaired) electrons. The van der Waals surface area contributed by atoms with Gasteiger partial charge >= 0.3 is 5.97 Å². The predicted molar refractivity (Wildman–Crippen MR) is 90.8 cm³/mol. The Morgan fingerprint density at radius 1 is 1.33 bits per heavy atom. The molecule has 0 bridgehead atoms. The van der Waals surface area contributed by atoms with E-state index in [4.69, 9.17) is 9.47 Å². The van der Waals surface area contributed by atoms with Crippen molar-refractivity contribution in [3.63, 3.8) is 0 Å². The Morgan fingerprint density at radius 2 is 2.04 bits per heavy atom. The zero-order valence-electron chi connectivity index (χ0n) is 14.6. The average molecular weight is 332 g/mol. The molecule has 0 atom stereocenters. The second kappa shape index (κ2) is 7.49. The molecule has 0 unspecified atom stereocenters.